The summed E-state index contributed by atoms with van der Waals surface area (Å²) in [6, 6.07) is 20.0. The lowest BCUT2D eigenvalue weighted by atomic mass is 9.96. The van der Waals surface area contributed by atoms with Gasteiger partial charge in [0.25, 0.3) is 5.91 Å². The molecule has 0 aliphatic heterocycles. The van der Waals surface area contributed by atoms with E-state index in [1.54, 1.807) is 42.5 Å². The van der Waals surface area contributed by atoms with Crippen molar-refractivity contribution in [2.24, 2.45) is 5.73 Å². The predicted molar refractivity (Wildman–Crippen MR) is 176 cm³/mol. The Bertz CT molecular complexity index is 1700. The number of likely N-dealkylation sites (N-methyl/N-ethyl adjacent to an activating group) is 1. The van der Waals surface area contributed by atoms with Crippen LogP contribution in [0.25, 0.3) is 21.9 Å². The number of nitrogens with zero attached hydrogens (tertiary/aromatic N) is 2. The third kappa shape index (κ3) is 7.40. The summed E-state index contributed by atoms with van der Waals surface area (Å²) < 4.78 is 65.4. The molecule has 1 atom stereocenters. The molecule has 0 aromatic heterocycles. The van der Waals surface area contributed by atoms with Gasteiger partial charge in [-0.15, -0.1) is 0 Å². The molecule has 0 radical (unpaired) electrons. The van der Waals surface area contributed by atoms with E-state index in [4.69, 9.17) is 22.1 Å². The monoisotopic (exact) mass is 655 g/mol. The first kappa shape index (κ1) is 32.7. The van der Waals surface area contributed by atoms with Gasteiger partial charge in [-0.2, -0.15) is 8.78 Å². The van der Waals surface area contributed by atoms with Gasteiger partial charge >= 0.3 is 5.92 Å². The number of thiol groups is 1. The Balaban J connectivity index is 1.52. The van der Waals surface area contributed by atoms with Crippen LogP contribution < -0.4 is 14.8 Å². The number of nitrogens with two attached hydrogens (primary N) is 1. The molecular weight excluding hydrogens is 620 g/mol. The zero-order valence-electron chi connectivity index (χ0n) is 24.9. The van der Waals surface area contributed by atoms with Crippen LogP contribution in [0.15, 0.2) is 84.9 Å². The molecule has 4 aromatic carbocycles. The first-order chi connectivity index (χ1) is 21.6. The molecule has 0 saturated heterocycles. The lowest BCUT2D eigenvalue weighted by molar-refractivity contribution is -0.141. The molecular formula is C34H36ClF2N3O4S. The van der Waals surface area contributed by atoms with E-state index in [0.717, 1.165) is 41.5 Å². The maximum absolute atomic E-state index is 16.6. The molecule has 1 aliphatic rings. The van der Waals surface area contributed by atoms with Crippen LogP contribution in [0, 0.1) is 0 Å². The van der Waals surface area contributed by atoms with Crippen LogP contribution in [0.4, 0.5) is 14.5 Å². The van der Waals surface area contributed by atoms with E-state index in [2.05, 4.69) is 0 Å². The summed E-state index contributed by atoms with van der Waals surface area (Å²) in [5.41, 5.74) is 6.47. The Morgan fingerprint density at radius 2 is 1.56 bits per heavy atom. The second-order valence-electron chi connectivity index (χ2n) is 11.3. The van der Waals surface area contributed by atoms with Crippen molar-refractivity contribution in [2.45, 2.75) is 50.2 Å². The van der Waals surface area contributed by atoms with Crippen molar-refractivity contribution in [3.63, 3.8) is 0 Å². The standard InChI is InChI=1S/C34H36ClF2N3O4S/c1-39(20-4-19-38)33(41)32(34(36,37)27-13-7-23(8-14-27)24-9-15-28(35)16-10-24)40(45(42)43)29-17-11-26-22-31(18-12-25(26)21-29)44-30-5-2-3-6-30/h7-18,21-22,30,32,45H,2-6,19-20,38H2,1H3/t32-/m1/s1. The van der Waals surface area contributed by atoms with Gasteiger partial charge < -0.3 is 15.4 Å². The quantitative estimate of drug-likeness (QED) is 0.164. The van der Waals surface area contributed by atoms with Gasteiger partial charge in [0, 0.05) is 24.2 Å². The molecule has 1 saturated carbocycles. The number of ether oxygens (including phenoxy) is 1. The summed E-state index contributed by atoms with van der Waals surface area (Å²) in [6.45, 7) is 0.323. The molecule has 1 fully saturated rings. The molecule has 0 unspecified atom stereocenters. The fourth-order valence-electron chi connectivity index (χ4n) is 5.71. The summed E-state index contributed by atoms with van der Waals surface area (Å²) in [5, 5.41) is 1.91. The van der Waals surface area contributed by atoms with Crippen LogP contribution in [0.1, 0.15) is 37.7 Å². The number of hydrogen-bond acceptors (Lipinski definition) is 5. The minimum absolute atomic E-state index is 0.0499. The highest BCUT2D eigenvalue weighted by Gasteiger charge is 2.52. The average molecular weight is 656 g/mol. The minimum atomic E-state index is -3.91. The van der Waals surface area contributed by atoms with Crippen molar-refractivity contribution < 1.29 is 26.7 Å². The van der Waals surface area contributed by atoms with Gasteiger partial charge in [-0.3, -0.25) is 9.10 Å². The van der Waals surface area contributed by atoms with Gasteiger partial charge in [0.2, 0.25) is 10.9 Å². The van der Waals surface area contributed by atoms with E-state index >= 15 is 8.78 Å². The average Bonchev–Trinajstić information content (AvgIpc) is 3.55. The number of alkyl halides is 2. The van der Waals surface area contributed by atoms with Crippen molar-refractivity contribution >= 4 is 44.9 Å². The van der Waals surface area contributed by atoms with Crippen LogP contribution in [-0.2, 0) is 21.6 Å². The Morgan fingerprint density at radius 3 is 2.18 bits per heavy atom. The first-order valence-electron chi connectivity index (χ1n) is 14.9. The van der Waals surface area contributed by atoms with Crippen LogP contribution >= 0.6 is 11.6 Å². The van der Waals surface area contributed by atoms with E-state index in [9.17, 15) is 13.2 Å². The van der Waals surface area contributed by atoms with Crippen LogP contribution in [0.5, 0.6) is 5.75 Å². The van der Waals surface area contributed by atoms with Gasteiger partial charge in [-0.1, -0.05) is 60.1 Å². The number of anilines is 1. The molecule has 45 heavy (non-hydrogen) atoms. The number of amides is 1. The van der Waals surface area contributed by atoms with Gasteiger partial charge in [0.1, 0.15) is 5.75 Å². The van der Waals surface area contributed by atoms with Crippen molar-refractivity contribution in [1.82, 2.24) is 4.90 Å². The lowest BCUT2D eigenvalue weighted by Crippen LogP contribution is -2.55. The number of benzene rings is 4. The lowest BCUT2D eigenvalue weighted by Gasteiger charge is -2.36. The van der Waals surface area contributed by atoms with Gasteiger partial charge in [-0.25, -0.2) is 8.42 Å². The second kappa shape index (κ2) is 14.1. The van der Waals surface area contributed by atoms with Crippen LogP contribution in [0.3, 0.4) is 0 Å². The Hall–Kier alpha value is -3.73. The fraction of sp³-hybridized carbons (Fsp3) is 0.324. The highest BCUT2D eigenvalue weighted by atomic mass is 35.5. The third-order valence-corrected chi connectivity index (χ3v) is 9.25. The molecule has 238 valence electrons. The molecule has 11 heteroatoms. The van der Waals surface area contributed by atoms with Gasteiger partial charge in [-0.05, 0) is 96.9 Å². The van der Waals surface area contributed by atoms with Crippen molar-refractivity contribution in [3.8, 4) is 16.9 Å². The predicted octanol–water partition coefficient (Wildman–Crippen LogP) is 6.78. The third-order valence-electron chi connectivity index (χ3n) is 8.18. The topological polar surface area (TPSA) is 92.9 Å². The van der Waals surface area contributed by atoms with E-state index in [-0.39, 0.29) is 24.9 Å². The summed E-state index contributed by atoms with van der Waals surface area (Å²) >= 11 is 5.98. The molecule has 0 heterocycles. The van der Waals surface area contributed by atoms with Crippen LogP contribution in [0.2, 0.25) is 5.02 Å². The molecule has 5 rings (SSSR count). The highest BCUT2D eigenvalue weighted by molar-refractivity contribution is 7.74. The zero-order valence-corrected chi connectivity index (χ0v) is 26.5. The smallest absolute Gasteiger partial charge is 0.303 e. The van der Waals surface area contributed by atoms with Crippen molar-refractivity contribution in [3.05, 3.63) is 95.5 Å². The van der Waals surface area contributed by atoms with E-state index in [1.165, 1.54) is 43.4 Å². The van der Waals surface area contributed by atoms with E-state index in [1.807, 2.05) is 6.07 Å². The van der Waals surface area contributed by atoms with Gasteiger partial charge in [0.05, 0.1) is 11.8 Å². The molecule has 0 bridgehead atoms. The molecule has 1 aliphatic carbocycles. The maximum Gasteiger partial charge on any atom is 0.303 e. The molecule has 2 N–H and O–H groups in total. The molecule has 1 amide bonds. The fourth-order valence-corrected chi connectivity index (χ4v) is 6.58. The SMILES string of the molecule is CN(CCCN)C(=O)[C@@H](N(c1ccc2cc(OC3CCCC3)ccc2c1)[SH](=O)=O)C(F)(F)c1ccc(-c2ccc(Cl)cc2)cc1. The summed E-state index contributed by atoms with van der Waals surface area (Å²) in [7, 11) is -2.31. The summed E-state index contributed by atoms with van der Waals surface area (Å²) in [4.78, 5) is 14.9. The van der Waals surface area contributed by atoms with Crippen LogP contribution in [-0.4, -0.2) is 51.5 Å². The Morgan fingerprint density at radius 1 is 0.956 bits per heavy atom. The number of carbonyl (C=O) groups excluding carboxylic acids is 1. The summed E-state index contributed by atoms with van der Waals surface area (Å²) in [5.74, 6) is -4.26. The largest absolute Gasteiger partial charge is 0.490 e. The number of fused-ring (bicyclic) bond motifs is 1. The first-order valence-corrected chi connectivity index (χ1v) is 16.4. The minimum Gasteiger partial charge on any atom is -0.490 e. The molecule has 0 spiro atoms. The van der Waals surface area contributed by atoms with E-state index in [0.29, 0.717) is 32.4 Å². The molecule has 7 nitrogen and oxygen atoms in total. The Labute approximate surface area is 268 Å². The van der Waals surface area contributed by atoms with Crippen molar-refractivity contribution in [2.75, 3.05) is 24.4 Å². The zero-order chi connectivity index (χ0) is 32.1. The second-order valence-corrected chi connectivity index (χ2v) is 12.7. The maximum atomic E-state index is 16.6. The number of rotatable bonds is 12. The van der Waals surface area contributed by atoms with Crippen molar-refractivity contribution in [1.29, 1.82) is 0 Å². The Kier molecular flexibility index (Phi) is 10.3. The number of hydrogen-bond donors (Lipinski definition) is 2. The van der Waals surface area contributed by atoms with Gasteiger partial charge in [0.15, 0.2) is 6.04 Å². The normalized spacial score (nSPS) is 14.5. The highest BCUT2D eigenvalue weighted by Crippen LogP contribution is 2.40. The number of halogens is 3. The molecule has 4 aromatic rings. The van der Waals surface area contributed by atoms with E-state index < -0.39 is 34.3 Å². The number of carbonyl (C=O) groups is 1. The summed E-state index contributed by atoms with van der Waals surface area (Å²) in [6.07, 6.45) is 4.77.